The fraction of sp³-hybridized carbons (Fsp3) is 0.857. The van der Waals surface area contributed by atoms with Crippen LogP contribution in [0.15, 0.2) is 0 Å². The van der Waals surface area contributed by atoms with Crippen molar-refractivity contribution in [3.63, 3.8) is 0 Å². The van der Waals surface area contributed by atoms with E-state index in [1.54, 1.807) is 0 Å². The van der Waals surface area contributed by atoms with Gasteiger partial charge in [0.05, 0.1) is 0 Å². The summed E-state index contributed by atoms with van der Waals surface area (Å²) in [5.41, 5.74) is -0.549. The second-order valence-corrected chi connectivity index (χ2v) is 6.32. The number of amides is 2. The Kier molecular flexibility index (Phi) is 2.83. The van der Waals surface area contributed by atoms with Crippen LogP contribution in [0.5, 0.6) is 0 Å². The molecule has 0 aromatic rings. The van der Waals surface area contributed by atoms with Crippen molar-refractivity contribution < 1.29 is 9.59 Å². The van der Waals surface area contributed by atoms with E-state index in [1.165, 1.54) is 0 Å². The molecule has 0 atom stereocenters. The van der Waals surface area contributed by atoms with Crippen molar-refractivity contribution in [2.75, 3.05) is 6.54 Å². The predicted octanol–water partition coefficient (Wildman–Crippen LogP) is 1.45. The van der Waals surface area contributed by atoms with Gasteiger partial charge >= 0.3 is 0 Å². The molecule has 1 N–H and O–H groups in total. The second kappa shape index (κ2) is 4.25. The lowest BCUT2D eigenvalue weighted by atomic mass is 9.80. The number of nitrogens with one attached hydrogen (secondary N) is 1. The molecule has 2 aliphatic carbocycles. The first-order chi connectivity index (χ1) is 8.61. The summed E-state index contributed by atoms with van der Waals surface area (Å²) < 4.78 is 0. The van der Waals surface area contributed by atoms with Gasteiger partial charge in [-0.25, -0.2) is 0 Å². The van der Waals surface area contributed by atoms with Crippen LogP contribution in [0.25, 0.3) is 0 Å². The SMILES string of the molecule is CC1CC(N2CCC(=O)NC3(CCCC3)C2=O)C1. The van der Waals surface area contributed by atoms with Crippen LogP contribution in [0.4, 0.5) is 0 Å². The number of carbonyl (C=O) groups is 2. The molecule has 0 unspecified atom stereocenters. The quantitative estimate of drug-likeness (QED) is 0.765. The van der Waals surface area contributed by atoms with E-state index in [9.17, 15) is 9.59 Å². The molecule has 4 nitrogen and oxygen atoms in total. The molecule has 3 aliphatic rings. The highest BCUT2D eigenvalue weighted by atomic mass is 16.2. The zero-order valence-electron chi connectivity index (χ0n) is 11.1. The van der Waals surface area contributed by atoms with Crippen molar-refractivity contribution in [1.29, 1.82) is 0 Å². The van der Waals surface area contributed by atoms with Gasteiger partial charge in [0.2, 0.25) is 11.8 Å². The normalized spacial score (nSPS) is 35.3. The number of hydrogen-bond acceptors (Lipinski definition) is 2. The third-order valence-corrected chi connectivity index (χ3v) is 4.88. The third-order valence-electron chi connectivity index (χ3n) is 4.88. The van der Waals surface area contributed by atoms with Gasteiger partial charge in [0, 0.05) is 19.0 Å². The van der Waals surface area contributed by atoms with Gasteiger partial charge in [0.25, 0.3) is 0 Å². The van der Waals surface area contributed by atoms with Gasteiger partial charge in [0.15, 0.2) is 0 Å². The average molecular weight is 250 g/mol. The predicted molar refractivity (Wildman–Crippen MR) is 67.9 cm³/mol. The summed E-state index contributed by atoms with van der Waals surface area (Å²) >= 11 is 0. The minimum absolute atomic E-state index is 0.0557. The molecule has 3 fully saturated rings. The molecule has 0 aromatic heterocycles. The Balaban J connectivity index is 1.82. The number of rotatable bonds is 1. The van der Waals surface area contributed by atoms with Gasteiger partial charge in [-0.15, -0.1) is 0 Å². The Morgan fingerprint density at radius 2 is 1.89 bits per heavy atom. The molecule has 100 valence electrons. The Labute approximate surface area is 108 Å². The van der Waals surface area contributed by atoms with Crippen LogP contribution in [0.2, 0.25) is 0 Å². The molecule has 4 heteroatoms. The summed E-state index contributed by atoms with van der Waals surface area (Å²) in [6, 6.07) is 0.387. The molecule has 2 amide bonds. The van der Waals surface area contributed by atoms with Gasteiger partial charge in [-0.05, 0) is 31.6 Å². The lowest BCUT2D eigenvalue weighted by molar-refractivity contribution is -0.143. The maximum absolute atomic E-state index is 12.8. The first kappa shape index (κ1) is 12.0. The minimum atomic E-state index is -0.549. The summed E-state index contributed by atoms with van der Waals surface area (Å²) in [6.45, 7) is 2.84. The van der Waals surface area contributed by atoms with Gasteiger partial charge in [-0.3, -0.25) is 9.59 Å². The molecule has 0 bridgehead atoms. The van der Waals surface area contributed by atoms with Crippen molar-refractivity contribution in [2.45, 2.75) is 63.5 Å². The van der Waals surface area contributed by atoms with Crippen molar-refractivity contribution in [3.8, 4) is 0 Å². The van der Waals surface area contributed by atoms with E-state index < -0.39 is 5.54 Å². The largest absolute Gasteiger partial charge is 0.342 e. The summed E-state index contributed by atoms with van der Waals surface area (Å²) in [5.74, 6) is 0.983. The van der Waals surface area contributed by atoms with E-state index in [0.29, 0.717) is 19.0 Å². The van der Waals surface area contributed by atoms with Crippen LogP contribution in [0.1, 0.15) is 51.9 Å². The first-order valence-corrected chi connectivity index (χ1v) is 7.23. The van der Waals surface area contributed by atoms with Crippen LogP contribution in [0.3, 0.4) is 0 Å². The Morgan fingerprint density at radius 3 is 2.50 bits per heavy atom. The lowest BCUT2D eigenvalue weighted by Gasteiger charge is -2.43. The summed E-state index contributed by atoms with van der Waals surface area (Å²) in [6.07, 6.45) is 6.46. The molecule has 18 heavy (non-hydrogen) atoms. The van der Waals surface area contributed by atoms with E-state index in [0.717, 1.165) is 44.4 Å². The zero-order chi connectivity index (χ0) is 12.8. The molecule has 0 radical (unpaired) electrons. The van der Waals surface area contributed by atoms with Crippen LogP contribution >= 0.6 is 0 Å². The summed E-state index contributed by atoms with van der Waals surface area (Å²) in [7, 11) is 0. The van der Waals surface area contributed by atoms with Crippen molar-refractivity contribution in [2.24, 2.45) is 5.92 Å². The van der Waals surface area contributed by atoms with E-state index >= 15 is 0 Å². The average Bonchev–Trinajstić information content (AvgIpc) is 2.71. The summed E-state index contributed by atoms with van der Waals surface area (Å²) in [4.78, 5) is 26.6. The highest BCUT2D eigenvalue weighted by molar-refractivity contribution is 5.94. The topological polar surface area (TPSA) is 49.4 Å². The Bertz CT molecular complexity index is 368. The fourth-order valence-corrected chi connectivity index (χ4v) is 3.76. The summed E-state index contributed by atoms with van der Waals surface area (Å²) in [5, 5.41) is 3.02. The maximum atomic E-state index is 12.8. The highest BCUT2D eigenvalue weighted by Crippen LogP contribution is 2.37. The molecule has 0 aromatic carbocycles. The van der Waals surface area contributed by atoms with Crippen molar-refractivity contribution in [1.82, 2.24) is 10.2 Å². The number of carbonyl (C=O) groups excluding carboxylic acids is 2. The van der Waals surface area contributed by atoms with Gasteiger partial charge in [-0.1, -0.05) is 19.8 Å². The monoisotopic (exact) mass is 250 g/mol. The molecule has 1 aliphatic heterocycles. The molecule has 1 spiro atoms. The molecule has 1 heterocycles. The number of hydrogen-bond donors (Lipinski definition) is 1. The first-order valence-electron chi connectivity index (χ1n) is 7.23. The van der Waals surface area contributed by atoms with E-state index in [4.69, 9.17) is 0 Å². The third kappa shape index (κ3) is 1.82. The van der Waals surface area contributed by atoms with Crippen molar-refractivity contribution in [3.05, 3.63) is 0 Å². The smallest absolute Gasteiger partial charge is 0.248 e. The van der Waals surface area contributed by atoms with Gasteiger partial charge in [0.1, 0.15) is 5.54 Å². The maximum Gasteiger partial charge on any atom is 0.248 e. The van der Waals surface area contributed by atoms with Gasteiger partial charge < -0.3 is 10.2 Å². The van der Waals surface area contributed by atoms with Crippen LogP contribution in [-0.2, 0) is 9.59 Å². The molecule has 3 rings (SSSR count). The van der Waals surface area contributed by atoms with E-state index in [1.807, 2.05) is 4.90 Å². The standard InChI is InChI=1S/C14H22N2O2/c1-10-8-11(9-10)16-7-4-12(17)15-14(13(16)18)5-2-3-6-14/h10-11H,2-9H2,1H3,(H,15,17). The Morgan fingerprint density at radius 1 is 1.22 bits per heavy atom. The van der Waals surface area contributed by atoms with Gasteiger partial charge in [-0.2, -0.15) is 0 Å². The lowest BCUT2D eigenvalue weighted by Crippen LogP contribution is -2.58. The Hall–Kier alpha value is -1.06. The van der Waals surface area contributed by atoms with E-state index in [2.05, 4.69) is 12.2 Å². The highest BCUT2D eigenvalue weighted by Gasteiger charge is 2.49. The minimum Gasteiger partial charge on any atom is -0.342 e. The zero-order valence-corrected chi connectivity index (χ0v) is 11.1. The molecular formula is C14H22N2O2. The van der Waals surface area contributed by atoms with Crippen molar-refractivity contribution >= 4 is 11.8 Å². The molecule has 2 saturated carbocycles. The van der Waals surface area contributed by atoms with Crippen LogP contribution in [0, 0.1) is 5.92 Å². The number of nitrogens with zero attached hydrogens (tertiary/aromatic N) is 1. The fourth-order valence-electron chi connectivity index (χ4n) is 3.76. The molecular weight excluding hydrogens is 228 g/mol. The van der Waals surface area contributed by atoms with Crippen LogP contribution in [-0.4, -0.2) is 34.8 Å². The van der Waals surface area contributed by atoms with E-state index in [-0.39, 0.29) is 11.8 Å². The molecule has 1 saturated heterocycles. The van der Waals surface area contributed by atoms with Crippen LogP contribution < -0.4 is 5.32 Å². The second-order valence-electron chi connectivity index (χ2n) is 6.32.